The molecule has 2 aromatic rings. The van der Waals surface area contributed by atoms with Crippen LogP contribution in [0.1, 0.15) is 29.5 Å². The first-order valence-corrected chi connectivity index (χ1v) is 5.68. The van der Waals surface area contributed by atoms with E-state index >= 15 is 0 Å². The standard InChI is InChI=1S/C12H14N4O2/c1-3-4-10-14-5-6-16(10)11-9(12(17)18-2)7-13-8-15-11/h5-8H,3-4H2,1-2H3. The normalized spacial score (nSPS) is 10.3. The molecule has 0 amide bonds. The molecule has 0 spiro atoms. The molecule has 0 saturated heterocycles. The van der Waals surface area contributed by atoms with Crippen molar-refractivity contribution in [2.75, 3.05) is 7.11 Å². The molecule has 94 valence electrons. The molecule has 0 N–H and O–H groups in total. The molecule has 2 aromatic heterocycles. The zero-order chi connectivity index (χ0) is 13.0. The Kier molecular flexibility index (Phi) is 3.66. The Balaban J connectivity index is 2.50. The number of rotatable bonds is 4. The number of carbonyl (C=O) groups is 1. The molecule has 0 aromatic carbocycles. The third kappa shape index (κ3) is 2.22. The fourth-order valence-electron chi connectivity index (χ4n) is 1.70. The van der Waals surface area contributed by atoms with Gasteiger partial charge in [0.2, 0.25) is 0 Å². The fraction of sp³-hybridized carbons (Fsp3) is 0.333. The zero-order valence-electron chi connectivity index (χ0n) is 10.3. The zero-order valence-corrected chi connectivity index (χ0v) is 10.3. The van der Waals surface area contributed by atoms with Gasteiger partial charge >= 0.3 is 5.97 Å². The van der Waals surface area contributed by atoms with Crippen molar-refractivity contribution in [1.82, 2.24) is 19.5 Å². The van der Waals surface area contributed by atoms with Crippen LogP contribution in [0, 0.1) is 0 Å². The Bertz CT molecular complexity index is 551. The Hall–Kier alpha value is -2.24. The van der Waals surface area contributed by atoms with Crippen molar-refractivity contribution >= 4 is 5.97 Å². The third-order valence-electron chi connectivity index (χ3n) is 2.52. The van der Waals surface area contributed by atoms with Crippen LogP contribution >= 0.6 is 0 Å². The van der Waals surface area contributed by atoms with Crippen LogP contribution in [0.4, 0.5) is 0 Å². The summed E-state index contributed by atoms with van der Waals surface area (Å²) in [5, 5.41) is 0. The maximum Gasteiger partial charge on any atom is 0.343 e. The van der Waals surface area contributed by atoms with Gasteiger partial charge in [-0.2, -0.15) is 0 Å². The largest absolute Gasteiger partial charge is 0.465 e. The number of aryl methyl sites for hydroxylation is 1. The number of hydrogen-bond acceptors (Lipinski definition) is 5. The van der Waals surface area contributed by atoms with Crippen LogP contribution in [0.3, 0.4) is 0 Å². The second-order valence-electron chi connectivity index (χ2n) is 3.72. The molecule has 2 heterocycles. The molecule has 18 heavy (non-hydrogen) atoms. The predicted octanol–water partition coefficient (Wildman–Crippen LogP) is 1.40. The molecule has 6 heteroatoms. The van der Waals surface area contributed by atoms with Gasteiger partial charge in [-0.1, -0.05) is 6.92 Å². The van der Waals surface area contributed by atoms with E-state index in [9.17, 15) is 4.79 Å². The van der Waals surface area contributed by atoms with Crippen molar-refractivity contribution in [2.45, 2.75) is 19.8 Å². The summed E-state index contributed by atoms with van der Waals surface area (Å²) >= 11 is 0. The summed E-state index contributed by atoms with van der Waals surface area (Å²) in [6, 6.07) is 0. The summed E-state index contributed by atoms with van der Waals surface area (Å²) in [6.07, 6.45) is 8.10. The highest BCUT2D eigenvalue weighted by Gasteiger charge is 2.16. The van der Waals surface area contributed by atoms with Gasteiger partial charge in [0.1, 0.15) is 17.7 Å². The lowest BCUT2D eigenvalue weighted by Crippen LogP contribution is -2.12. The smallest absolute Gasteiger partial charge is 0.343 e. The lowest BCUT2D eigenvalue weighted by Gasteiger charge is -2.09. The number of methoxy groups -OCH3 is 1. The minimum atomic E-state index is -0.457. The lowest BCUT2D eigenvalue weighted by atomic mass is 10.3. The molecule has 6 nitrogen and oxygen atoms in total. The van der Waals surface area contributed by atoms with E-state index in [4.69, 9.17) is 4.74 Å². The summed E-state index contributed by atoms with van der Waals surface area (Å²) in [7, 11) is 1.33. The number of ether oxygens (including phenoxy) is 1. The van der Waals surface area contributed by atoms with Crippen LogP contribution in [-0.2, 0) is 11.2 Å². The van der Waals surface area contributed by atoms with Crippen LogP contribution < -0.4 is 0 Å². The SMILES string of the molecule is CCCc1nccn1-c1ncncc1C(=O)OC. The molecule has 0 aliphatic heterocycles. The summed E-state index contributed by atoms with van der Waals surface area (Å²) in [6.45, 7) is 2.07. The van der Waals surface area contributed by atoms with Gasteiger partial charge in [-0.3, -0.25) is 4.57 Å². The van der Waals surface area contributed by atoms with Crippen LogP contribution in [-0.4, -0.2) is 32.6 Å². The minimum Gasteiger partial charge on any atom is -0.465 e. The van der Waals surface area contributed by atoms with Crippen molar-refractivity contribution in [1.29, 1.82) is 0 Å². The Morgan fingerprint density at radius 2 is 2.28 bits per heavy atom. The van der Waals surface area contributed by atoms with Crippen molar-refractivity contribution in [3.63, 3.8) is 0 Å². The highest BCUT2D eigenvalue weighted by Crippen LogP contribution is 2.14. The van der Waals surface area contributed by atoms with E-state index in [-0.39, 0.29) is 0 Å². The predicted molar refractivity (Wildman–Crippen MR) is 64.5 cm³/mol. The van der Waals surface area contributed by atoms with Gasteiger partial charge in [0.15, 0.2) is 5.82 Å². The molecule has 0 aliphatic rings. The minimum absolute atomic E-state index is 0.329. The Labute approximate surface area is 105 Å². The molecule has 0 unspecified atom stereocenters. The first-order chi connectivity index (χ1) is 8.77. The Morgan fingerprint density at radius 3 is 3.00 bits per heavy atom. The summed E-state index contributed by atoms with van der Waals surface area (Å²) in [5.41, 5.74) is 0.329. The molecule has 0 bridgehead atoms. The molecular weight excluding hydrogens is 232 g/mol. The van der Waals surface area contributed by atoms with Crippen LogP contribution in [0.5, 0.6) is 0 Å². The molecule has 0 aliphatic carbocycles. The number of aromatic nitrogens is 4. The summed E-state index contributed by atoms with van der Waals surface area (Å²) in [5.74, 6) is 0.904. The summed E-state index contributed by atoms with van der Waals surface area (Å²) in [4.78, 5) is 23.9. The first kappa shape index (κ1) is 12.2. The fourth-order valence-corrected chi connectivity index (χ4v) is 1.70. The van der Waals surface area contributed by atoms with E-state index < -0.39 is 5.97 Å². The molecule has 0 atom stereocenters. The van der Waals surface area contributed by atoms with E-state index in [1.165, 1.54) is 19.6 Å². The quantitative estimate of drug-likeness (QED) is 0.763. The van der Waals surface area contributed by atoms with E-state index in [1.807, 2.05) is 0 Å². The average molecular weight is 246 g/mol. The molecule has 2 rings (SSSR count). The van der Waals surface area contributed by atoms with E-state index in [0.29, 0.717) is 11.4 Å². The lowest BCUT2D eigenvalue weighted by molar-refractivity contribution is 0.0599. The number of hydrogen-bond donors (Lipinski definition) is 0. The maximum absolute atomic E-state index is 11.7. The first-order valence-electron chi connectivity index (χ1n) is 5.68. The molecular formula is C12H14N4O2. The van der Waals surface area contributed by atoms with Crippen LogP contribution in [0.2, 0.25) is 0 Å². The second-order valence-corrected chi connectivity index (χ2v) is 3.72. The highest BCUT2D eigenvalue weighted by atomic mass is 16.5. The number of nitrogens with zero attached hydrogens (tertiary/aromatic N) is 4. The van der Waals surface area contributed by atoms with Crippen molar-refractivity contribution < 1.29 is 9.53 Å². The Morgan fingerprint density at radius 1 is 1.44 bits per heavy atom. The van der Waals surface area contributed by atoms with Gasteiger partial charge in [-0.25, -0.2) is 19.7 Å². The topological polar surface area (TPSA) is 69.9 Å². The third-order valence-corrected chi connectivity index (χ3v) is 2.52. The molecule has 0 radical (unpaired) electrons. The maximum atomic E-state index is 11.7. The van der Waals surface area contributed by atoms with E-state index in [1.54, 1.807) is 17.0 Å². The van der Waals surface area contributed by atoms with Gasteiger partial charge < -0.3 is 4.74 Å². The van der Waals surface area contributed by atoms with Crippen LogP contribution in [0.15, 0.2) is 24.9 Å². The van der Waals surface area contributed by atoms with Gasteiger partial charge in [0, 0.05) is 25.0 Å². The molecule has 0 saturated carbocycles. The van der Waals surface area contributed by atoms with Gasteiger partial charge in [0.25, 0.3) is 0 Å². The van der Waals surface area contributed by atoms with Gasteiger partial charge in [-0.05, 0) is 6.42 Å². The monoisotopic (exact) mass is 246 g/mol. The van der Waals surface area contributed by atoms with Gasteiger partial charge in [0.05, 0.1) is 7.11 Å². The number of esters is 1. The van der Waals surface area contributed by atoms with Gasteiger partial charge in [-0.15, -0.1) is 0 Å². The van der Waals surface area contributed by atoms with E-state index in [0.717, 1.165) is 18.7 Å². The molecule has 0 fully saturated rings. The number of imidazole rings is 1. The second kappa shape index (κ2) is 5.39. The van der Waals surface area contributed by atoms with Crippen LogP contribution in [0.25, 0.3) is 5.82 Å². The van der Waals surface area contributed by atoms with Crippen molar-refractivity contribution in [2.24, 2.45) is 0 Å². The van der Waals surface area contributed by atoms with Crippen molar-refractivity contribution in [3.05, 3.63) is 36.3 Å². The highest BCUT2D eigenvalue weighted by molar-refractivity contribution is 5.92. The summed E-state index contributed by atoms with van der Waals surface area (Å²) < 4.78 is 6.51. The van der Waals surface area contributed by atoms with Crippen molar-refractivity contribution in [3.8, 4) is 5.82 Å². The number of carbonyl (C=O) groups excluding carboxylic acids is 1. The van der Waals surface area contributed by atoms with E-state index in [2.05, 4.69) is 21.9 Å². The average Bonchev–Trinajstić information content (AvgIpc) is 2.86.